The van der Waals surface area contributed by atoms with Crippen LogP contribution in [0.4, 0.5) is 0 Å². The van der Waals surface area contributed by atoms with Gasteiger partial charge in [0.25, 0.3) is 0 Å². The summed E-state index contributed by atoms with van der Waals surface area (Å²) in [6.45, 7) is 4.35. The Labute approximate surface area is 240 Å². The maximum atomic E-state index is 12.4. The van der Waals surface area contributed by atoms with Crippen LogP contribution in [-0.4, -0.2) is 23.1 Å². The van der Waals surface area contributed by atoms with Crippen LogP contribution in [-0.2, 0) is 14.3 Å². The first-order valence-corrected chi connectivity index (χ1v) is 15.8. The minimum atomic E-state index is -0.737. The third kappa shape index (κ3) is 30.0. The van der Waals surface area contributed by atoms with E-state index >= 15 is 0 Å². The van der Waals surface area contributed by atoms with Gasteiger partial charge in [0.15, 0.2) is 0 Å². The summed E-state index contributed by atoms with van der Waals surface area (Å²) < 4.78 is 5.81. The average Bonchev–Trinajstić information content (AvgIpc) is 2.91. The number of carbonyl (C=O) groups is 2. The minimum absolute atomic E-state index is 0.0134. The first kappa shape index (κ1) is 36.6. The molecule has 0 rings (SSSR count). The fourth-order valence-electron chi connectivity index (χ4n) is 4.21. The highest BCUT2D eigenvalue weighted by molar-refractivity contribution is 5.69. The summed E-state index contributed by atoms with van der Waals surface area (Å²) in [4.78, 5) is 23.0. The van der Waals surface area contributed by atoms with Gasteiger partial charge in [-0.05, 0) is 83.5 Å². The summed E-state index contributed by atoms with van der Waals surface area (Å²) in [6.07, 6.45) is 41.0. The second-order valence-electron chi connectivity index (χ2n) is 10.3. The van der Waals surface area contributed by atoms with Crippen molar-refractivity contribution in [2.24, 2.45) is 0 Å². The van der Waals surface area contributed by atoms with E-state index in [2.05, 4.69) is 74.6 Å². The molecule has 4 heteroatoms. The predicted molar refractivity (Wildman–Crippen MR) is 167 cm³/mol. The van der Waals surface area contributed by atoms with Gasteiger partial charge in [0.05, 0.1) is 0 Å². The summed E-state index contributed by atoms with van der Waals surface area (Å²) in [6, 6.07) is 0. The summed E-state index contributed by atoms with van der Waals surface area (Å²) in [5.74, 6) is -0.810. The number of ether oxygens (including phenoxy) is 1. The zero-order valence-electron chi connectivity index (χ0n) is 25.2. The number of carbonyl (C=O) groups excluding carboxylic acids is 1. The van der Waals surface area contributed by atoms with Crippen LogP contribution in [0.3, 0.4) is 0 Å². The molecule has 0 fully saturated rings. The monoisotopic (exact) mass is 542 g/mol. The Morgan fingerprint density at radius 3 is 1.62 bits per heavy atom. The van der Waals surface area contributed by atoms with E-state index in [9.17, 15) is 9.59 Å². The van der Waals surface area contributed by atoms with Gasteiger partial charge >= 0.3 is 11.9 Å². The van der Waals surface area contributed by atoms with Crippen LogP contribution in [0, 0.1) is 0 Å². The molecule has 0 aromatic rings. The van der Waals surface area contributed by atoms with Crippen LogP contribution in [0.15, 0.2) is 60.8 Å². The van der Waals surface area contributed by atoms with Crippen molar-refractivity contribution in [3.63, 3.8) is 0 Å². The van der Waals surface area contributed by atoms with Crippen LogP contribution in [0.5, 0.6) is 0 Å². The molecular weight excluding hydrogens is 484 g/mol. The Morgan fingerprint density at radius 2 is 1.08 bits per heavy atom. The normalized spacial score (nSPS) is 13.1. The zero-order chi connectivity index (χ0) is 28.7. The maximum Gasteiger partial charge on any atom is 0.306 e. The lowest BCUT2D eigenvalue weighted by atomic mass is 10.0. The highest BCUT2D eigenvalue weighted by Gasteiger charge is 2.14. The molecule has 0 saturated carbocycles. The van der Waals surface area contributed by atoms with Gasteiger partial charge in [0, 0.05) is 12.8 Å². The number of hydrogen-bond donors (Lipinski definition) is 1. The van der Waals surface area contributed by atoms with Crippen LogP contribution in [0.25, 0.3) is 0 Å². The van der Waals surface area contributed by atoms with Crippen molar-refractivity contribution in [3.05, 3.63) is 60.8 Å². The predicted octanol–water partition coefficient (Wildman–Crippen LogP) is 10.6. The van der Waals surface area contributed by atoms with Crippen molar-refractivity contribution >= 4 is 11.9 Å². The van der Waals surface area contributed by atoms with Gasteiger partial charge in [-0.25, -0.2) is 0 Å². The standard InChI is InChI=1S/C35H58O4/c1-3-5-7-9-10-11-12-13-14-15-16-17-18-19-20-21-22-23-28-32-35(38)39-33(29-25-8-6-4-2)30-26-24-27-31-34(36)37/h5,7,10-11,13-14,16-17,19-20,33H,3-4,6,8-9,12,15,18,21-32H2,1-2H3,(H,36,37)/b7-5-,11-10-,14-13-,17-16-,20-19-. The second-order valence-corrected chi connectivity index (χ2v) is 10.3. The van der Waals surface area contributed by atoms with Crippen LogP contribution >= 0.6 is 0 Å². The highest BCUT2D eigenvalue weighted by atomic mass is 16.5. The fraction of sp³-hybridized carbons (Fsp3) is 0.657. The quantitative estimate of drug-likeness (QED) is 0.0637. The van der Waals surface area contributed by atoms with Crippen LogP contribution in [0.2, 0.25) is 0 Å². The Morgan fingerprint density at radius 1 is 0.590 bits per heavy atom. The molecule has 39 heavy (non-hydrogen) atoms. The maximum absolute atomic E-state index is 12.4. The van der Waals surface area contributed by atoms with E-state index in [1.807, 2.05) is 0 Å². The van der Waals surface area contributed by atoms with Gasteiger partial charge in [-0.15, -0.1) is 0 Å². The van der Waals surface area contributed by atoms with Crippen LogP contribution in [0.1, 0.15) is 142 Å². The molecule has 0 bridgehead atoms. The molecule has 0 aromatic carbocycles. The molecule has 0 heterocycles. The molecule has 1 atom stereocenters. The topological polar surface area (TPSA) is 63.6 Å². The first-order chi connectivity index (χ1) is 19.1. The number of unbranched alkanes of at least 4 members (excludes halogenated alkanes) is 8. The number of allylic oxidation sites excluding steroid dienone is 10. The van der Waals surface area contributed by atoms with Gasteiger partial charge in [-0.2, -0.15) is 0 Å². The molecule has 0 spiro atoms. The van der Waals surface area contributed by atoms with Gasteiger partial charge in [-0.3, -0.25) is 9.59 Å². The molecule has 0 aliphatic heterocycles. The minimum Gasteiger partial charge on any atom is -0.481 e. The summed E-state index contributed by atoms with van der Waals surface area (Å²) in [5.41, 5.74) is 0. The zero-order valence-corrected chi connectivity index (χ0v) is 25.2. The summed E-state index contributed by atoms with van der Waals surface area (Å²) in [5, 5.41) is 8.78. The Balaban J connectivity index is 3.89. The number of rotatable bonds is 27. The third-order valence-corrected chi connectivity index (χ3v) is 6.50. The Bertz CT molecular complexity index is 714. The SMILES string of the molecule is CC/C=C\C/C=C\C/C=C\C/C=C\C/C=C\CCCCCC(=O)OC(CCCCCC)CCCCCC(=O)O. The molecule has 0 aromatic heterocycles. The van der Waals surface area contributed by atoms with Crippen molar-refractivity contribution in [1.29, 1.82) is 0 Å². The number of esters is 1. The smallest absolute Gasteiger partial charge is 0.306 e. The van der Waals surface area contributed by atoms with E-state index < -0.39 is 5.97 Å². The molecule has 222 valence electrons. The Hall–Kier alpha value is -2.36. The fourth-order valence-corrected chi connectivity index (χ4v) is 4.21. The molecule has 1 unspecified atom stereocenters. The molecule has 0 aliphatic rings. The van der Waals surface area contributed by atoms with E-state index in [0.717, 1.165) is 89.9 Å². The molecule has 0 amide bonds. The largest absolute Gasteiger partial charge is 0.481 e. The lowest BCUT2D eigenvalue weighted by molar-refractivity contribution is -0.150. The highest BCUT2D eigenvalue weighted by Crippen LogP contribution is 2.17. The van der Waals surface area contributed by atoms with E-state index in [4.69, 9.17) is 9.84 Å². The van der Waals surface area contributed by atoms with Crippen molar-refractivity contribution < 1.29 is 19.4 Å². The molecule has 4 nitrogen and oxygen atoms in total. The molecule has 1 N–H and O–H groups in total. The average molecular weight is 543 g/mol. The van der Waals surface area contributed by atoms with Gasteiger partial charge in [0.2, 0.25) is 0 Å². The third-order valence-electron chi connectivity index (χ3n) is 6.50. The van der Waals surface area contributed by atoms with Gasteiger partial charge in [0.1, 0.15) is 6.10 Å². The molecule has 0 radical (unpaired) electrons. The first-order valence-electron chi connectivity index (χ1n) is 15.8. The molecular formula is C35H58O4. The van der Waals surface area contributed by atoms with E-state index in [-0.39, 0.29) is 18.5 Å². The summed E-state index contributed by atoms with van der Waals surface area (Å²) >= 11 is 0. The number of hydrogen-bond acceptors (Lipinski definition) is 3. The van der Waals surface area contributed by atoms with Gasteiger partial charge in [-0.1, -0.05) is 107 Å². The lowest BCUT2D eigenvalue weighted by Gasteiger charge is -2.18. The summed E-state index contributed by atoms with van der Waals surface area (Å²) in [7, 11) is 0. The van der Waals surface area contributed by atoms with E-state index in [1.165, 1.54) is 19.3 Å². The van der Waals surface area contributed by atoms with Gasteiger partial charge < -0.3 is 9.84 Å². The molecule has 0 saturated heterocycles. The lowest BCUT2D eigenvalue weighted by Crippen LogP contribution is -2.18. The van der Waals surface area contributed by atoms with E-state index in [1.54, 1.807) is 0 Å². The van der Waals surface area contributed by atoms with Crippen LogP contribution < -0.4 is 0 Å². The Kier molecular flexibility index (Phi) is 28.4. The van der Waals surface area contributed by atoms with Crippen molar-refractivity contribution in [3.8, 4) is 0 Å². The van der Waals surface area contributed by atoms with Crippen molar-refractivity contribution in [1.82, 2.24) is 0 Å². The molecule has 0 aliphatic carbocycles. The number of carboxylic acid groups (broad SMARTS) is 1. The number of carboxylic acids is 1. The second kappa shape index (κ2) is 30.2. The van der Waals surface area contributed by atoms with Crippen molar-refractivity contribution in [2.75, 3.05) is 0 Å². The van der Waals surface area contributed by atoms with Crippen molar-refractivity contribution in [2.45, 2.75) is 148 Å². The van der Waals surface area contributed by atoms with E-state index in [0.29, 0.717) is 12.8 Å². The number of aliphatic carboxylic acids is 1.